The van der Waals surface area contributed by atoms with Gasteiger partial charge in [0.15, 0.2) is 0 Å². The Balaban J connectivity index is 3.55. The van der Waals surface area contributed by atoms with Gasteiger partial charge in [0.05, 0.1) is 0 Å². The zero-order chi connectivity index (χ0) is 18.6. The highest BCUT2D eigenvalue weighted by atomic mass is 16.1. The Bertz CT molecular complexity index is 277. The maximum Gasteiger partial charge on any atom is 0.223 e. The normalized spacial score (nSPS) is 12.3. The Morgan fingerprint density at radius 3 is 1.52 bits per heavy atom. The Morgan fingerprint density at radius 2 is 1.04 bits per heavy atom. The zero-order valence-electron chi connectivity index (χ0n) is 17.7. The number of carbonyl (C=O) groups is 1. The molecule has 0 heterocycles. The highest BCUT2D eigenvalue weighted by molar-refractivity contribution is 5.78. The van der Waals surface area contributed by atoms with E-state index in [0.717, 1.165) is 25.8 Å². The third-order valence-corrected chi connectivity index (χ3v) is 5.23. The van der Waals surface area contributed by atoms with Gasteiger partial charge in [-0.1, -0.05) is 111 Å². The number of amides is 1. The van der Waals surface area contributed by atoms with E-state index in [4.69, 9.17) is 0 Å². The molecule has 0 aliphatic heterocycles. The fourth-order valence-corrected chi connectivity index (χ4v) is 3.48. The predicted octanol–water partition coefficient (Wildman–Crippen LogP) is 7.41. The summed E-state index contributed by atoms with van der Waals surface area (Å²) in [6, 6.07) is 0. The first-order valence-corrected chi connectivity index (χ1v) is 11.5. The molecule has 0 aromatic heterocycles. The van der Waals surface area contributed by atoms with E-state index in [2.05, 4.69) is 26.1 Å². The van der Waals surface area contributed by atoms with Gasteiger partial charge in [-0.15, -0.1) is 0 Å². The van der Waals surface area contributed by atoms with Crippen LogP contribution in [-0.4, -0.2) is 12.5 Å². The molecule has 2 heteroatoms. The molecule has 0 rings (SSSR count). The van der Waals surface area contributed by atoms with Gasteiger partial charge >= 0.3 is 0 Å². The fourth-order valence-electron chi connectivity index (χ4n) is 3.48. The molecule has 0 radical (unpaired) electrons. The van der Waals surface area contributed by atoms with Gasteiger partial charge in [0.2, 0.25) is 5.91 Å². The van der Waals surface area contributed by atoms with Crippen molar-refractivity contribution in [2.75, 3.05) is 6.54 Å². The maximum absolute atomic E-state index is 12.2. The van der Waals surface area contributed by atoms with Crippen LogP contribution in [0.25, 0.3) is 0 Å². The number of nitrogens with one attached hydrogen (secondary N) is 1. The molecule has 0 aromatic carbocycles. The van der Waals surface area contributed by atoms with Crippen molar-refractivity contribution in [3.63, 3.8) is 0 Å². The van der Waals surface area contributed by atoms with Gasteiger partial charge in [-0.3, -0.25) is 4.79 Å². The summed E-state index contributed by atoms with van der Waals surface area (Å²) in [5.74, 6) is 0.563. The first-order valence-electron chi connectivity index (χ1n) is 11.5. The molecule has 0 saturated carbocycles. The Kier molecular flexibility index (Phi) is 19.4. The average molecular weight is 354 g/mol. The van der Waals surface area contributed by atoms with Crippen LogP contribution in [0.4, 0.5) is 0 Å². The van der Waals surface area contributed by atoms with Crippen LogP contribution in [0.3, 0.4) is 0 Å². The van der Waals surface area contributed by atoms with Crippen LogP contribution in [0.2, 0.25) is 0 Å². The number of rotatable bonds is 19. The molecule has 1 atom stereocenters. The summed E-state index contributed by atoms with van der Waals surface area (Å²) in [6.45, 7) is 7.45. The third-order valence-electron chi connectivity index (χ3n) is 5.23. The molecular formula is C23H47NO. The molecule has 0 aliphatic carbocycles. The van der Waals surface area contributed by atoms with Crippen LogP contribution < -0.4 is 5.32 Å². The molecule has 0 spiro atoms. The van der Waals surface area contributed by atoms with E-state index < -0.39 is 0 Å². The van der Waals surface area contributed by atoms with Gasteiger partial charge in [-0.05, 0) is 19.3 Å². The van der Waals surface area contributed by atoms with Gasteiger partial charge in [0.25, 0.3) is 0 Å². The molecule has 25 heavy (non-hydrogen) atoms. The minimum Gasteiger partial charge on any atom is -0.356 e. The summed E-state index contributed by atoms with van der Waals surface area (Å²) < 4.78 is 0. The van der Waals surface area contributed by atoms with E-state index in [-0.39, 0.29) is 5.92 Å². The summed E-state index contributed by atoms with van der Waals surface area (Å²) >= 11 is 0. The van der Waals surface area contributed by atoms with Gasteiger partial charge in [0.1, 0.15) is 0 Å². The second-order valence-corrected chi connectivity index (χ2v) is 7.81. The minimum atomic E-state index is 0.259. The van der Waals surface area contributed by atoms with E-state index >= 15 is 0 Å². The highest BCUT2D eigenvalue weighted by Crippen LogP contribution is 2.18. The lowest BCUT2D eigenvalue weighted by atomic mass is 9.94. The second kappa shape index (κ2) is 19.8. The van der Waals surface area contributed by atoms with E-state index in [1.54, 1.807) is 0 Å². The number of hydrogen-bond acceptors (Lipinski definition) is 1. The van der Waals surface area contributed by atoms with Crippen molar-refractivity contribution in [3.8, 4) is 0 Å². The van der Waals surface area contributed by atoms with E-state index in [9.17, 15) is 4.79 Å². The summed E-state index contributed by atoms with van der Waals surface area (Å²) in [4.78, 5) is 12.2. The van der Waals surface area contributed by atoms with E-state index in [0.29, 0.717) is 5.91 Å². The van der Waals surface area contributed by atoms with Crippen molar-refractivity contribution < 1.29 is 4.79 Å². The van der Waals surface area contributed by atoms with Gasteiger partial charge in [0, 0.05) is 12.5 Å². The first-order chi connectivity index (χ1) is 12.3. The summed E-state index contributed by atoms with van der Waals surface area (Å²) in [5.41, 5.74) is 0. The lowest BCUT2D eigenvalue weighted by Crippen LogP contribution is -2.31. The average Bonchev–Trinajstić information content (AvgIpc) is 2.63. The molecule has 2 nitrogen and oxygen atoms in total. The molecule has 150 valence electrons. The lowest BCUT2D eigenvalue weighted by molar-refractivity contribution is -0.125. The summed E-state index contributed by atoms with van der Waals surface area (Å²) in [6.07, 6.45) is 22.2. The lowest BCUT2D eigenvalue weighted by Gasteiger charge is -2.16. The Hall–Kier alpha value is -0.530. The van der Waals surface area contributed by atoms with Crippen molar-refractivity contribution in [1.29, 1.82) is 0 Å². The van der Waals surface area contributed by atoms with Crippen molar-refractivity contribution >= 4 is 5.91 Å². The number of hydrogen-bond donors (Lipinski definition) is 1. The SMILES string of the molecule is CCCCCCCCCCCCCCC(CCCC)C(=O)NCCC. The topological polar surface area (TPSA) is 29.1 Å². The second-order valence-electron chi connectivity index (χ2n) is 7.81. The van der Waals surface area contributed by atoms with Gasteiger partial charge in [-0.2, -0.15) is 0 Å². The summed E-state index contributed by atoms with van der Waals surface area (Å²) in [7, 11) is 0. The van der Waals surface area contributed by atoms with Crippen molar-refractivity contribution in [2.24, 2.45) is 5.92 Å². The van der Waals surface area contributed by atoms with E-state index in [1.807, 2.05) is 0 Å². The quantitative estimate of drug-likeness (QED) is 0.241. The van der Waals surface area contributed by atoms with Gasteiger partial charge < -0.3 is 5.32 Å². The Morgan fingerprint density at radius 1 is 0.600 bits per heavy atom. The number of unbranched alkanes of at least 4 members (excludes halogenated alkanes) is 12. The van der Waals surface area contributed by atoms with E-state index in [1.165, 1.54) is 89.9 Å². The molecule has 0 fully saturated rings. The molecule has 0 aliphatic rings. The highest BCUT2D eigenvalue weighted by Gasteiger charge is 2.16. The van der Waals surface area contributed by atoms with Crippen molar-refractivity contribution in [2.45, 2.75) is 130 Å². The van der Waals surface area contributed by atoms with Crippen LogP contribution in [0, 0.1) is 5.92 Å². The van der Waals surface area contributed by atoms with Crippen LogP contribution in [0.1, 0.15) is 130 Å². The molecule has 1 unspecified atom stereocenters. The molecule has 0 bridgehead atoms. The minimum absolute atomic E-state index is 0.259. The molecular weight excluding hydrogens is 306 g/mol. The van der Waals surface area contributed by atoms with Crippen LogP contribution in [0.5, 0.6) is 0 Å². The smallest absolute Gasteiger partial charge is 0.223 e. The van der Waals surface area contributed by atoms with Crippen LogP contribution in [-0.2, 0) is 4.79 Å². The van der Waals surface area contributed by atoms with Gasteiger partial charge in [-0.25, -0.2) is 0 Å². The van der Waals surface area contributed by atoms with Crippen LogP contribution in [0.15, 0.2) is 0 Å². The molecule has 1 N–H and O–H groups in total. The maximum atomic E-state index is 12.2. The third kappa shape index (κ3) is 16.7. The predicted molar refractivity (Wildman–Crippen MR) is 112 cm³/mol. The molecule has 1 amide bonds. The first kappa shape index (κ1) is 24.5. The summed E-state index contributed by atoms with van der Waals surface area (Å²) in [5, 5.41) is 3.10. The Labute approximate surface area is 158 Å². The fraction of sp³-hybridized carbons (Fsp3) is 0.957. The zero-order valence-corrected chi connectivity index (χ0v) is 17.7. The largest absolute Gasteiger partial charge is 0.356 e. The molecule has 0 saturated heterocycles. The van der Waals surface area contributed by atoms with Crippen molar-refractivity contribution in [1.82, 2.24) is 5.32 Å². The molecule has 0 aromatic rings. The van der Waals surface area contributed by atoms with Crippen LogP contribution >= 0.6 is 0 Å². The van der Waals surface area contributed by atoms with Crippen molar-refractivity contribution in [3.05, 3.63) is 0 Å². The monoisotopic (exact) mass is 353 g/mol. The standard InChI is InChI=1S/C23H47NO/c1-4-7-9-10-11-12-13-14-15-16-17-18-20-22(19-8-5-2)23(25)24-21-6-3/h22H,4-21H2,1-3H3,(H,24,25). The number of carbonyl (C=O) groups excluding carboxylic acids is 1.